The highest BCUT2D eigenvalue weighted by atomic mass is 15.1. The highest BCUT2D eigenvalue weighted by molar-refractivity contribution is 4.96. The molecule has 0 saturated carbocycles. The molecule has 0 unspecified atom stereocenters. The van der Waals surface area contributed by atoms with Crippen molar-refractivity contribution < 1.29 is 0 Å². The highest BCUT2D eigenvalue weighted by Crippen LogP contribution is 2.00. The smallest absolute Gasteiger partial charge is 0.0945 e. The van der Waals surface area contributed by atoms with E-state index in [2.05, 4.69) is 26.8 Å². The molecule has 1 heterocycles. The van der Waals surface area contributed by atoms with Crippen molar-refractivity contribution in [2.24, 2.45) is 7.05 Å². The number of hydrogen-bond acceptors (Lipinski definition) is 3. The van der Waals surface area contributed by atoms with Crippen molar-refractivity contribution in [2.45, 2.75) is 13.0 Å². The Labute approximate surface area is 85.9 Å². The Morgan fingerprint density at radius 1 is 1.57 bits per heavy atom. The molecule has 0 aliphatic heterocycles. The first-order chi connectivity index (χ1) is 6.74. The highest BCUT2D eigenvalue weighted by Gasteiger charge is 2.02. The van der Waals surface area contributed by atoms with E-state index in [9.17, 15) is 0 Å². The largest absolute Gasteiger partial charge is 0.337 e. The van der Waals surface area contributed by atoms with Gasteiger partial charge >= 0.3 is 0 Å². The van der Waals surface area contributed by atoms with Gasteiger partial charge in [-0.2, -0.15) is 0 Å². The topological polar surface area (TPSA) is 33.1 Å². The molecule has 4 nitrogen and oxygen atoms in total. The zero-order valence-corrected chi connectivity index (χ0v) is 9.32. The van der Waals surface area contributed by atoms with Gasteiger partial charge in [0, 0.05) is 19.8 Å². The Bertz CT molecular complexity index is 256. The van der Waals surface area contributed by atoms with Crippen LogP contribution in [0.25, 0.3) is 0 Å². The second-order valence-corrected chi connectivity index (χ2v) is 3.69. The van der Waals surface area contributed by atoms with Crippen molar-refractivity contribution >= 4 is 0 Å². The molecule has 80 valence electrons. The van der Waals surface area contributed by atoms with Crippen LogP contribution in [-0.4, -0.2) is 41.6 Å². The molecule has 0 amide bonds. The Hall–Kier alpha value is -0.870. The van der Waals surface area contributed by atoms with E-state index in [-0.39, 0.29) is 0 Å². The van der Waals surface area contributed by atoms with Gasteiger partial charge in [-0.25, -0.2) is 4.98 Å². The second-order valence-electron chi connectivity index (χ2n) is 3.69. The first kappa shape index (κ1) is 11.2. The zero-order valence-electron chi connectivity index (χ0n) is 9.32. The minimum atomic E-state index is 0.972. The van der Waals surface area contributed by atoms with Crippen molar-refractivity contribution in [1.82, 2.24) is 19.8 Å². The second kappa shape index (κ2) is 5.78. The van der Waals surface area contributed by atoms with E-state index < -0.39 is 0 Å². The molecule has 0 aliphatic carbocycles. The SMILES string of the molecule is CNCCCN(C)Cc1cncn1C. The lowest BCUT2D eigenvalue weighted by Gasteiger charge is -2.16. The van der Waals surface area contributed by atoms with Crippen LogP contribution in [-0.2, 0) is 13.6 Å². The van der Waals surface area contributed by atoms with Gasteiger partial charge in [0.15, 0.2) is 0 Å². The number of rotatable bonds is 6. The summed E-state index contributed by atoms with van der Waals surface area (Å²) in [7, 11) is 6.16. The van der Waals surface area contributed by atoms with Gasteiger partial charge in [0.1, 0.15) is 0 Å². The molecule has 0 saturated heterocycles. The summed E-state index contributed by atoms with van der Waals surface area (Å²) in [6.07, 6.45) is 4.95. The molecule has 1 aromatic heterocycles. The van der Waals surface area contributed by atoms with E-state index in [1.807, 2.05) is 26.6 Å². The van der Waals surface area contributed by atoms with Crippen LogP contribution in [0.2, 0.25) is 0 Å². The summed E-state index contributed by atoms with van der Waals surface area (Å²) in [5.41, 5.74) is 1.26. The molecule has 4 heteroatoms. The fraction of sp³-hybridized carbons (Fsp3) is 0.700. The molecule has 1 rings (SSSR count). The molecule has 0 bridgehead atoms. The van der Waals surface area contributed by atoms with E-state index >= 15 is 0 Å². The molecule has 14 heavy (non-hydrogen) atoms. The van der Waals surface area contributed by atoms with Gasteiger partial charge in [-0.3, -0.25) is 0 Å². The Kier molecular flexibility index (Phi) is 4.62. The summed E-state index contributed by atoms with van der Waals surface area (Å²) >= 11 is 0. The lowest BCUT2D eigenvalue weighted by Crippen LogP contribution is -2.23. The maximum absolute atomic E-state index is 4.10. The predicted molar refractivity (Wildman–Crippen MR) is 58.1 cm³/mol. The van der Waals surface area contributed by atoms with E-state index in [1.54, 1.807) is 0 Å². The van der Waals surface area contributed by atoms with Crippen LogP contribution in [0, 0.1) is 0 Å². The van der Waals surface area contributed by atoms with Crippen molar-refractivity contribution in [2.75, 3.05) is 27.2 Å². The fourth-order valence-electron chi connectivity index (χ4n) is 1.42. The quantitative estimate of drug-likeness (QED) is 0.671. The average molecular weight is 196 g/mol. The average Bonchev–Trinajstić information content (AvgIpc) is 2.52. The molecule has 1 aromatic rings. The van der Waals surface area contributed by atoms with Crippen LogP contribution >= 0.6 is 0 Å². The van der Waals surface area contributed by atoms with Gasteiger partial charge in [-0.05, 0) is 33.6 Å². The van der Waals surface area contributed by atoms with Crippen molar-refractivity contribution in [3.8, 4) is 0 Å². The van der Waals surface area contributed by atoms with E-state index in [0.717, 1.165) is 19.6 Å². The van der Waals surface area contributed by atoms with Crippen LogP contribution < -0.4 is 5.32 Å². The van der Waals surface area contributed by atoms with Gasteiger partial charge in [-0.15, -0.1) is 0 Å². The van der Waals surface area contributed by atoms with Crippen LogP contribution in [0.15, 0.2) is 12.5 Å². The van der Waals surface area contributed by atoms with Gasteiger partial charge < -0.3 is 14.8 Å². The van der Waals surface area contributed by atoms with E-state index in [0.29, 0.717) is 0 Å². The third-order valence-corrected chi connectivity index (χ3v) is 2.31. The van der Waals surface area contributed by atoms with E-state index in [1.165, 1.54) is 12.1 Å². The molecule has 0 aromatic carbocycles. The zero-order chi connectivity index (χ0) is 10.4. The summed E-state index contributed by atoms with van der Waals surface area (Å²) in [4.78, 5) is 6.41. The maximum atomic E-state index is 4.10. The van der Waals surface area contributed by atoms with Gasteiger partial charge in [0.25, 0.3) is 0 Å². The van der Waals surface area contributed by atoms with Crippen molar-refractivity contribution in [1.29, 1.82) is 0 Å². The number of nitrogens with one attached hydrogen (secondary N) is 1. The van der Waals surface area contributed by atoms with Crippen LogP contribution in [0.1, 0.15) is 12.1 Å². The van der Waals surface area contributed by atoms with Crippen LogP contribution in [0.4, 0.5) is 0 Å². The van der Waals surface area contributed by atoms with Crippen LogP contribution in [0.5, 0.6) is 0 Å². The summed E-state index contributed by atoms with van der Waals surface area (Å²) in [6, 6.07) is 0. The molecule has 0 aliphatic rings. The van der Waals surface area contributed by atoms with Gasteiger partial charge in [-0.1, -0.05) is 0 Å². The molecule has 0 spiro atoms. The Morgan fingerprint density at radius 2 is 2.36 bits per heavy atom. The Balaban J connectivity index is 2.27. The van der Waals surface area contributed by atoms with Gasteiger partial charge in [0.05, 0.1) is 12.0 Å². The normalized spacial score (nSPS) is 11.1. The molecular formula is C10H20N4. The van der Waals surface area contributed by atoms with Crippen LogP contribution in [0.3, 0.4) is 0 Å². The molecule has 0 radical (unpaired) electrons. The predicted octanol–water partition coefficient (Wildman–Crippen LogP) is 0.461. The van der Waals surface area contributed by atoms with Crippen molar-refractivity contribution in [3.05, 3.63) is 18.2 Å². The molecular weight excluding hydrogens is 176 g/mol. The number of aryl methyl sites for hydroxylation is 1. The first-order valence-electron chi connectivity index (χ1n) is 5.02. The number of aromatic nitrogens is 2. The maximum Gasteiger partial charge on any atom is 0.0945 e. The fourth-order valence-corrected chi connectivity index (χ4v) is 1.42. The molecule has 0 atom stereocenters. The van der Waals surface area contributed by atoms with Gasteiger partial charge in [0.2, 0.25) is 0 Å². The molecule has 0 fully saturated rings. The third-order valence-electron chi connectivity index (χ3n) is 2.31. The summed E-state index contributed by atoms with van der Waals surface area (Å²) < 4.78 is 2.06. The number of imidazole rings is 1. The molecule has 1 N–H and O–H groups in total. The van der Waals surface area contributed by atoms with E-state index in [4.69, 9.17) is 0 Å². The minimum Gasteiger partial charge on any atom is -0.337 e. The number of hydrogen-bond donors (Lipinski definition) is 1. The number of nitrogens with zero attached hydrogens (tertiary/aromatic N) is 3. The Morgan fingerprint density at radius 3 is 2.93 bits per heavy atom. The lowest BCUT2D eigenvalue weighted by molar-refractivity contribution is 0.314. The first-order valence-corrected chi connectivity index (χ1v) is 5.02. The summed E-state index contributed by atoms with van der Waals surface area (Å²) in [6.45, 7) is 3.17. The van der Waals surface area contributed by atoms with Crippen molar-refractivity contribution in [3.63, 3.8) is 0 Å². The summed E-state index contributed by atoms with van der Waals surface area (Å²) in [5.74, 6) is 0. The minimum absolute atomic E-state index is 0.972. The standard InChI is InChI=1S/C10H20N4/c1-11-5-4-6-13(2)8-10-7-12-9-14(10)3/h7,9,11H,4-6,8H2,1-3H3. The monoisotopic (exact) mass is 196 g/mol. The third kappa shape index (κ3) is 3.47. The lowest BCUT2D eigenvalue weighted by atomic mass is 10.3. The summed E-state index contributed by atoms with van der Waals surface area (Å²) in [5, 5.41) is 3.15.